The Hall–Kier alpha value is -2.36. The van der Waals surface area contributed by atoms with Crippen LogP contribution in [0.5, 0.6) is 0 Å². The van der Waals surface area contributed by atoms with Gasteiger partial charge in [-0.3, -0.25) is 15.6 Å². The molecule has 0 aliphatic heterocycles. The maximum atomic E-state index is 13.5. The zero-order chi connectivity index (χ0) is 13.0. The van der Waals surface area contributed by atoms with E-state index in [9.17, 15) is 9.18 Å². The van der Waals surface area contributed by atoms with E-state index in [0.717, 1.165) is 5.69 Å². The molecule has 1 amide bonds. The third-order valence-corrected chi connectivity index (χ3v) is 2.54. The summed E-state index contributed by atoms with van der Waals surface area (Å²) >= 11 is 0. The summed E-state index contributed by atoms with van der Waals surface area (Å²) in [6, 6.07) is 13.7. The summed E-state index contributed by atoms with van der Waals surface area (Å²) in [6.07, 6.45) is 0. The number of para-hydroxylation sites is 1. The zero-order valence-electron chi connectivity index (χ0n) is 9.91. The molecule has 0 spiro atoms. The van der Waals surface area contributed by atoms with Gasteiger partial charge < -0.3 is 0 Å². The van der Waals surface area contributed by atoms with Crippen LogP contribution in [0.25, 0.3) is 0 Å². The first-order chi connectivity index (χ1) is 8.68. The molecular formula is C14H13FN2O. The molecule has 0 aliphatic rings. The summed E-state index contributed by atoms with van der Waals surface area (Å²) in [5.41, 5.74) is 6.59. The quantitative estimate of drug-likeness (QED) is 0.815. The standard InChI is InChI=1S/C14H13FN2O/c1-10-6-5-9-12(15)13(10)14(18)17-16-11-7-3-2-4-8-11/h2-9,16H,1H3,(H,17,18). The molecule has 0 atom stereocenters. The number of benzene rings is 2. The van der Waals surface area contributed by atoms with Crippen LogP contribution in [0.15, 0.2) is 48.5 Å². The van der Waals surface area contributed by atoms with Gasteiger partial charge in [-0.15, -0.1) is 0 Å². The van der Waals surface area contributed by atoms with Crippen LogP contribution in [0.3, 0.4) is 0 Å². The average Bonchev–Trinajstić information content (AvgIpc) is 2.37. The predicted molar refractivity (Wildman–Crippen MR) is 68.7 cm³/mol. The van der Waals surface area contributed by atoms with E-state index in [-0.39, 0.29) is 5.56 Å². The third-order valence-electron chi connectivity index (χ3n) is 2.54. The van der Waals surface area contributed by atoms with E-state index in [1.807, 2.05) is 18.2 Å². The minimum atomic E-state index is -0.526. The lowest BCUT2D eigenvalue weighted by atomic mass is 10.1. The number of carbonyl (C=O) groups is 1. The molecule has 0 fully saturated rings. The first-order valence-corrected chi connectivity index (χ1v) is 5.55. The van der Waals surface area contributed by atoms with E-state index >= 15 is 0 Å². The lowest BCUT2D eigenvalue weighted by molar-refractivity contribution is 0.0958. The van der Waals surface area contributed by atoms with Gasteiger partial charge in [0.2, 0.25) is 0 Å². The van der Waals surface area contributed by atoms with Gasteiger partial charge in [0.05, 0.1) is 11.3 Å². The van der Waals surface area contributed by atoms with Crippen LogP contribution in [-0.4, -0.2) is 5.91 Å². The van der Waals surface area contributed by atoms with E-state index in [4.69, 9.17) is 0 Å². The highest BCUT2D eigenvalue weighted by molar-refractivity contribution is 5.96. The van der Waals surface area contributed by atoms with Crippen molar-refractivity contribution in [3.63, 3.8) is 0 Å². The monoisotopic (exact) mass is 244 g/mol. The topological polar surface area (TPSA) is 41.1 Å². The number of nitrogens with one attached hydrogen (secondary N) is 2. The van der Waals surface area contributed by atoms with Crippen LogP contribution in [-0.2, 0) is 0 Å². The maximum Gasteiger partial charge on any atom is 0.272 e. The molecule has 0 saturated carbocycles. The highest BCUT2D eigenvalue weighted by Gasteiger charge is 2.13. The Balaban J connectivity index is 2.09. The van der Waals surface area contributed by atoms with Gasteiger partial charge in [-0.05, 0) is 30.7 Å². The molecule has 0 unspecified atom stereocenters. The molecule has 4 heteroatoms. The molecule has 3 nitrogen and oxygen atoms in total. The number of hydrogen-bond donors (Lipinski definition) is 2. The van der Waals surface area contributed by atoms with Gasteiger partial charge >= 0.3 is 0 Å². The van der Waals surface area contributed by atoms with Crippen molar-refractivity contribution in [1.82, 2.24) is 5.43 Å². The van der Waals surface area contributed by atoms with Gasteiger partial charge in [-0.2, -0.15) is 0 Å². The number of carbonyl (C=O) groups excluding carboxylic acids is 1. The highest BCUT2D eigenvalue weighted by Crippen LogP contribution is 2.12. The summed E-state index contributed by atoms with van der Waals surface area (Å²) in [6.45, 7) is 1.69. The van der Waals surface area contributed by atoms with Gasteiger partial charge in [0.25, 0.3) is 5.91 Å². The molecule has 0 aliphatic carbocycles. The second-order valence-corrected chi connectivity index (χ2v) is 3.88. The fourth-order valence-corrected chi connectivity index (χ4v) is 1.63. The van der Waals surface area contributed by atoms with Crippen LogP contribution in [0.4, 0.5) is 10.1 Å². The Bertz CT molecular complexity index is 535. The van der Waals surface area contributed by atoms with Crippen LogP contribution in [0, 0.1) is 12.7 Å². The van der Waals surface area contributed by atoms with Gasteiger partial charge in [-0.25, -0.2) is 4.39 Å². The van der Waals surface area contributed by atoms with E-state index < -0.39 is 11.7 Å². The molecule has 2 aromatic rings. The molecule has 2 rings (SSSR count). The molecule has 0 bridgehead atoms. The molecule has 0 saturated heterocycles. The minimum absolute atomic E-state index is 0.0564. The Kier molecular flexibility index (Phi) is 3.57. The fourth-order valence-electron chi connectivity index (χ4n) is 1.63. The van der Waals surface area contributed by atoms with Crippen molar-refractivity contribution in [2.24, 2.45) is 0 Å². The first-order valence-electron chi connectivity index (χ1n) is 5.55. The lowest BCUT2D eigenvalue weighted by Crippen LogP contribution is -2.30. The van der Waals surface area contributed by atoms with Gasteiger partial charge in [0.15, 0.2) is 0 Å². The molecular weight excluding hydrogens is 231 g/mol. The van der Waals surface area contributed by atoms with E-state index in [1.54, 1.807) is 31.2 Å². The second-order valence-electron chi connectivity index (χ2n) is 3.88. The van der Waals surface area contributed by atoms with Crippen LogP contribution in [0.2, 0.25) is 0 Å². The van der Waals surface area contributed by atoms with Crippen LogP contribution in [0.1, 0.15) is 15.9 Å². The Labute approximate surface area is 105 Å². The molecule has 0 aromatic heterocycles. The number of rotatable bonds is 3. The van der Waals surface area contributed by atoms with E-state index in [1.165, 1.54) is 6.07 Å². The summed E-state index contributed by atoms with van der Waals surface area (Å²) in [5.74, 6) is -1.02. The van der Waals surface area contributed by atoms with Gasteiger partial charge in [-0.1, -0.05) is 30.3 Å². The van der Waals surface area contributed by atoms with Crippen LogP contribution >= 0.6 is 0 Å². The van der Waals surface area contributed by atoms with Crippen molar-refractivity contribution in [1.29, 1.82) is 0 Å². The maximum absolute atomic E-state index is 13.5. The number of hydrogen-bond acceptors (Lipinski definition) is 2. The largest absolute Gasteiger partial charge is 0.298 e. The normalized spacial score (nSPS) is 9.89. The van der Waals surface area contributed by atoms with E-state index in [0.29, 0.717) is 5.56 Å². The minimum Gasteiger partial charge on any atom is -0.298 e. The summed E-state index contributed by atoms with van der Waals surface area (Å²) in [5, 5.41) is 0. The van der Waals surface area contributed by atoms with Crippen molar-refractivity contribution in [2.45, 2.75) is 6.92 Å². The number of anilines is 1. The third kappa shape index (κ3) is 2.66. The fraction of sp³-hybridized carbons (Fsp3) is 0.0714. The number of halogens is 1. The zero-order valence-corrected chi connectivity index (χ0v) is 9.91. The van der Waals surface area contributed by atoms with E-state index in [2.05, 4.69) is 10.9 Å². The van der Waals surface area contributed by atoms with Crippen molar-refractivity contribution in [3.05, 3.63) is 65.5 Å². The van der Waals surface area contributed by atoms with Crippen molar-refractivity contribution in [3.8, 4) is 0 Å². The molecule has 2 aromatic carbocycles. The molecule has 92 valence electrons. The number of amides is 1. The van der Waals surface area contributed by atoms with Gasteiger partial charge in [0.1, 0.15) is 5.82 Å². The highest BCUT2D eigenvalue weighted by atomic mass is 19.1. The Morgan fingerprint density at radius 3 is 2.44 bits per heavy atom. The first kappa shape index (κ1) is 12.1. The Morgan fingerprint density at radius 2 is 1.78 bits per heavy atom. The Morgan fingerprint density at radius 1 is 1.06 bits per heavy atom. The van der Waals surface area contributed by atoms with Crippen molar-refractivity contribution >= 4 is 11.6 Å². The predicted octanol–water partition coefficient (Wildman–Crippen LogP) is 2.89. The number of aryl methyl sites for hydroxylation is 1. The number of hydrazine groups is 1. The summed E-state index contributed by atoms with van der Waals surface area (Å²) in [7, 11) is 0. The van der Waals surface area contributed by atoms with Crippen LogP contribution < -0.4 is 10.9 Å². The van der Waals surface area contributed by atoms with Crippen molar-refractivity contribution < 1.29 is 9.18 Å². The lowest BCUT2D eigenvalue weighted by Gasteiger charge is -2.10. The smallest absolute Gasteiger partial charge is 0.272 e. The van der Waals surface area contributed by atoms with Crippen molar-refractivity contribution in [2.75, 3.05) is 5.43 Å². The molecule has 18 heavy (non-hydrogen) atoms. The molecule has 0 heterocycles. The summed E-state index contributed by atoms with van der Waals surface area (Å²) < 4.78 is 13.5. The average molecular weight is 244 g/mol. The summed E-state index contributed by atoms with van der Waals surface area (Å²) in [4.78, 5) is 11.8. The molecule has 0 radical (unpaired) electrons. The van der Waals surface area contributed by atoms with Gasteiger partial charge in [0, 0.05) is 0 Å². The molecule has 2 N–H and O–H groups in total. The SMILES string of the molecule is Cc1cccc(F)c1C(=O)NNc1ccccc1. The second kappa shape index (κ2) is 5.31.